The van der Waals surface area contributed by atoms with E-state index in [1.165, 1.54) is 83.5 Å². The van der Waals surface area contributed by atoms with Crippen molar-refractivity contribution in [2.45, 2.75) is 71.3 Å². The summed E-state index contributed by atoms with van der Waals surface area (Å²) in [6.07, 6.45) is 8.24. The molecule has 1 saturated carbocycles. The quantitative estimate of drug-likeness (QED) is 0.802. The van der Waals surface area contributed by atoms with E-state index in [4.69, 9.17) is 0 Å². The largest absolute Gasteiger partial charge is 0.369 e. The van der Waals surface area contributed by atoms with Crippen LogP contribution in [0.3, 0.4) is 0 Å². The third-order valence-electron chi connectivity index (χ3n) is 7.77. The number of benzene rings is 1. The number of nitrogens with one attached hydrogen (secondary N) is 1. The van der Waals surface area contributed by atoms with Gasteiger partial charge in [0, 0.05) is 44.5 Å². The highest BCUT2D eigenvalue weighted by atomic mass is 15.3. The zero-order chi connectivity index (χ0) is 19.6. The van der Waals surface area contributed by atoms with E-state index in [0.717, 1.165) is 17.9 Å². The molecule has 3 nitrogen and oxygen atoms in total. The maximum absolute atomic E-state index is 3.59. The first-order valence-electron chi connectivity index (χ1n) is 11.8. The minimum absolute atomic E-state index is 0.467. The van der Waals surface area contributed by atoms with E-state index >= 15 is 0 Å². The van der Waals surface area contributed by atoms with Crippen LogP contribution >= 0.6 is 0 Å². The number of hydrogen-bond donors (Lipinski definition) is 1. The van der Waals surface area contributed by atoms with Crippen molar-refractivity contribution < 1.29 is 0 Å². The average Bonchev–Trinajstić information content (AvgIpc) is 2.74. The van der Waals surface area contributed by atoms with Crippen LogP contribution in [-0.4, -0.2) is 50.2 Å². The fraction of sp³-hybridized carbons (Fsp3) is 0.760. The summed E-state index contributed by atoms with van der Waals surface area (Å²) in [5, 5.41) is 3.59. The van der Waals surface area contributed by atoms with E-state index < -0.39 is 0 Å². The lowest BCUT2D eigenvalue weighted by Gasteiger charge is -2.43. The molecule has 0 amide bonds. The minimum Gasteiger partial charge on any atom is -0.369 e. The van der Waals surface area contributed by atoms with Crippen LogP contribution in [0.5, 0.6) is 0 Å². The summed E-state index contributed by atoms with van der Waals surface area (Å²) < 4.78 is 0. The summed E-state index contributed by atoms with van der Waals surface area (Å²) in [6.45, 7) is 14.5. The van der Waals surface area contributed by atoms with Crippen molar-refractivity contribution in [2.75, 3.05) is 44.2 Å². The molecule has 1 aromatic carbocycles. The molecule has 1 unspecified atom stereocenters. The van der Waals surface area contributed by atoms with Crippen LogP contribution in [0.15, 0.2) is 24.3 Å². The summed E-state index contributed by atoms with van der Waals surface area (Å²) in [6, 6.07) is 10.1. The van der Waals surface area contributed by atoms with Crippen molar-refractivity contribution in [1.29, 1.82) is 0 Å². The van der Waals surface area contributed by atoms with E-state index in [9.17, 15) is 0 Å². The van der Waals surface area contributed by atoms with E-state index in [0.29, 0.717) is 5.41 Å². The van der Waals surface area contributed by atoms with Gasteiger partial charge in [-0.1, -0.05) is 39.0 Å². The first-order chi connectivity index (χ1) is 13.5. The van der Waals surface area contributed by atoms with Crippen molar-refractivity contribution in [2.24, 2.45) is 11.3 Å². The molecule has 2 heterocycles. The Bertz CT molecular complexity index is 613. The Hall–Kier alpha value is -1.06. The number of piperidine rings is 1. The van der Waals surface area contributed by atoms with Crippen LogP contribution < -0.4 is 10.2 Å². The summed E-state index contributed by atoms with van der Waals surface area (Å²) in [4.78, 5) is 5.41. The lowest BCUT2D eigenvalue weighted by Crippen LogP contribution is -2.54. The molecule has 4 rings (SSSR count). The third kappa shape index (κ3) is 4.57. The Balaban J connectivity index is 1.39. The molecule has 3 fully saturated rings. The van der Waals surface area contributed by atoms with Gasteiger partial charge in [0.05, 0.1) is 0 Å². The van der Waals surface area contributed by atoms with Crippen molar-refractivity contribution in [3.63, 3.8) is 0 Å². The monoisotopic (exact) mass is 383 g/mol. The van der Waals surface area contributed by atoms with Gasteiger partial charge in [0.25, 0.3) is 0 Å². The van der Waals surface area contributed by atoms with Gasteiger partial charge in [-0.2, -0.15) is 0 Å². The first-order valence-corrected chi connectivity index (χ1v) is 11.8. The average molecular weight is 384 g/mol. The summed E-state index contributed by atoms with van der Waals surface area (Å²) in [5.74, 6) is 1.65. The molecule has 1 atom stereocenters. The van der Waals surface area contributed by atoms with Gasteiger partial charge in [-0.15, -0.1) is 0 Å². The Morgan fingerprint density at radius 1 is 0.893 bits per heavy atom. The first kappa shape index (κ1) is 20.2. The van der Waals surface area contributed by atoms with E-state index in [1.54, 1.807) is 5.56 Å². The number of piperazine rings is 1. The van der Waals surface area contributed by atoms with Gasteiger partial charge in [-0.3, -0.25) is 4.90 Å². The highest BCUT2D eigenvalue weighted by Crippen LogP contribution is 2.45. The molecule has 1 aliphatic carbocycles. The fourth-order valence-corrected chi connectivity index (χ4v) is 5.86. The zero-order valence-corrected chi connectivity index (χ0v) is 18.4. The normalized spacial score (nSPS) is 30.4. The van der Waals surface area contributed by atoms with Crippen LogP contribution in [0.1, 0.15) is 70.8 Å². The molecule has 28 heavy (non-hydrogen) atoms. The van der Waals surface area contributed by atoms with Gasteiger partial charge in [0.2, 0.25) is 0 Å². The Kier molecular flexibility index (Phi) is 6.32. The molecule has 0 bridgehead atoms. The lowest BCUT2D eigenvalue weighted by molar-refractivity contribution is 0.157. The highest BCUT2D eigenvalue weighted by molar-refractivity contribution is 5.55. The van der Waals surface area contributed by atoms with Gasteiger partial charge in [0.15, 0.2) is 0 Å². The topological polar surface area (TPSA) is 18.5 Å². The Morgan fingerprint density at radius 3 is 2.25 bits per heavy atom. The second-order valence-electron chi connectivity index (χ2n) is 10.5. The molecular formula is C25H41N3. The van der Waals surface area contributed by atoms with Crippen molar-refractivity contribution in [3.05, 3.63) is 29.8 Å². The second kappa shape index (κ2) is 8.75. The minimum atomic E-state index is 0.467. The van der Waals surface area contributed by atoms with E-state index in [-0.39, 0.29) is 0 Å². The second-order valence-corrected chi connectivity index (χ2v) is 10.5. The maximum atomic E-state index is 3.59. The van der Waals surface area contributed by atoms with Crippen LogP contribution in [-0.2, 0) is 0 Å². The van der Waals surface area contributed by atoms with Gasteiger partial charge < -0.3 is 10.2 Å². The lowest BCUT2D eigenvalue weighted by atomic mass is 9.68. The molecule has 0 spiro atoms. The van der Waals surface area contributed by atoms with Crippen molar-refractivity contribution in [1.82, 2.24) is 10.2 Å². The van der Waals surface area contributed by atoms with Gasteiger partial charge in [-0.25, -0.2) is 0 Å². The summed E-state index contributed by atoms with van der Waals surface area (Å²) >= 11 is 0. The molecule has 1 N–H and O–H groups in total. The Labute approximate surface area is 172 Å². The summed E-state index contributed by atoms with van der Waals surface area (Å²) in [7, 11) is 0. The smallest absolute Gasteiger partial charge is 0.0402 e. The van der Waals surface area contributed by atoms with Gasteiger partial charge >= 0.3 is 0 Å². The standard InChI is InChI=1S/C25H41N3/c1-25(2,3)21-12-10-20(11-13-21)23-8-4-5-9-24(23)28-17-15-27(16-18-28)22-7-6-14-26-19-22/h4-5,8-9,20-22,26H,6-7,10-19H2,1-3H3. The number of rotatable bonds is 3. The molecule has 1 aromatic rings. The molecule has 0 aromatic heterocycles. The predicted molar refractivity (Wildman–Crippen MR) is 120 cm³/mol. The van der Waals surface area contributed by atoms with Crippen molar-refractivity contribution >= 4 is 5.69 Å². The predicted octanol–water partition coefficient (Wildman–Crippen LogP) is 4.88. The van der Waals surface area contributed by atoms with Crippen molar-refractivity contribution in [3.8, 4) is 0 Å². The Morgan fingerprint density at radius 2 is 1.61 bits per heavy atom. The van der Waals surface area contributed by atoms with Gasteiger partial charge in [0.1, 0.15) is 0 Å². The number of para-hydroxylation sites is 1. The highest BCUT2D eigenvalue weighted by Gasteiger charge is 2.32. The molecule has 156 valence electrons. The number of anilines is 1. The molecule has 3 heteroatoms. The molecule has 2 aliphatic heterocycles. The van der Waals surface area contributed by atoms with Gasteiger partial charge in [-0.05, 0) is 74.0 Å². The maximum Gasteiger partial charge on any atom is 0.0402 e. The zero-order valence-electron chi connectivity index (χ0n) is 18.4. The molecular weight excluding hydrogens is 342 g/mol. The SMILES string of the molecule is CC(C)(C)C1CCC(c2ccccc2N2CCN(C3CCCNC3)CC2)CC1. The van der Waals surface area contributed by atoms with Crippen LogP contribution in [0.25, 0.3) is 0 Å². The van der Waals surface area contributed by atoms with Crippen LogP contribution in [0.2, 0.25) is 0 Å². The summed E-state index contributed by atoms with van der Waals surface area (Å²) in [5.41, 5.74) is 3.63. The number of nitrogens with zero attached hydrogens (tertiary/aromatic N) is 2. The van der Waals surface area contributed by atoms with Crippen LogP contribution in [0, 0.1) is 11.3 Å². The van der Waals surface area contributed by atoms with E-state index in [1.807, 2.05) is 0 Å². The fourth-order valence-electron chi connectivity index (χ4n) is 5.86. The molecule has 0 radical (unpaired) electrons. The van der Waals surface area contributed by atoms with E-state index in [2.05, 4.69) is 60.2 Å². The number of hydrogen-bond acceptors (Lipinski definition) is 3. The third-order valence-corrected chi connectivity index (χ3v) is 7.77. The van der Waals surface area contributed by atoms with Crippen LogP contribution in [0.4, 0.5) is 5.69 Å². The molecule has 3 aliphatic rings. The molecule has 2 saturated heterocycles.